The van der Waals surface area contributed by atoms with E-state index in [1.807, 2.05) is 6.07 Å². The van der Waals surface area contributed by atoms with Crippen molar-refractivity contribution in [2.75, 3.05) is 15.8 Å². The zero-order valence-corrected chi connectivity index (χ0v) is 13.3. The van der Waals surface area contributed by atoms with Crippen molar-refractivity contribution in [3.8, 4) is 0 Å². The van der Waals surface area contributed by atoms with Crippen LogP contribution in [0.15, 0.2) is 54.6 Å². The maximum atomic E-state index is 13.1. The van der Waals surface area contributed by atoms with Crippen molar-refractivity contribution in [2.24, 2.45) is 5.92 Å². The molecule has 2 N–H and O–H groups in total. The monoisotopic (exact) mass is 336 g/mol. The van der Waals surface area contributed by atoms with Crippen LogP contribution in [0.2, 0.25) is 0 Å². The van der Waals surface area contributed by atoms with Gasteiger partial charge in [0.05, 0.1) is 17.4 Å². The fourth-order valence-corrected chi connectivity index (χ4v) is 3.34. The maximum absolute atomic E-state index is 13.1. The summed E-state index contributed by atoms with van der Waals surface area (Å²) in [7, 11) is -3.77. The molecule has 1 amide bonds. The first-order chi connectivity index (χ1) is 10.9. The molecule has 0 radical (unpaired) electrons. The van der Waals surface area contributed by atoms with Gasteiger partial charge in [0.2, 0.25) is 15.9 Å². The highest BCUT2D eigenvalue weighted by Gasteiger charge is 2.21. The van der Waals surface area contributed by atoms with Crippen LogP contribution in [-0.2, 0) is 14.8 Å². The third kappa shape index (κ3) is 5.37. The number of anilines is 2. The molecule has 2 aromatic rings. The van der Waals surface area contributed by atoms with Gasteiger partial charge >= 0.3 is 0 Å². The molecule has 0 spiro atoms. The van der Waals surface area contributed by atoms with Gasteiger partial charge in [0.25, 0.3) is 0 Å². The smallest absolute Gasteiger partial charge is 0.233 e. The highest BCUT2D eigenvalue weighted by atomic mass is 32.2. The van der Waals surface area contributed by atoms with Crippen LogP contribution in [0.25, 0.3) is 0 Å². The third-order valence-electron chi connectivity index (χ3n) is 3.06. The number of sulfonamides is 1. The second-order valence-corrected chi connectivity index (χ2v) is 6.92. The number of para-hydroxylation sites is 1. The average Bonchev–Trinajstić information content (AvgIpc) is 2.47. The molecule has 0 heterocycles. The number of rotatable bonds is 6. The molecular formula is C16H17FN2O3S. The summed E-state index contributed by atoms with van der Waals surface area (Å²) in [6, 6.07) is 13.9. The molecule has 2 rings (SSSR count). The Bertz CT molecular complexity index is 779. The Kier molecular flexibility index (Phi) is 5.33. The van der Waals surface area contributed by atoms with Crippen LogP contribution in [-0.4, -0.2) is 20.1 Å². The van der Waals surface area contributed by atoms with Gasteiger partial charge in [0.1, 0.15) is 5.82 Å². The molecule has 7 heteroatoms. The standard InChI is InChI=1S/C16H17FN2O3S/c1-12(16(20)18-14-7-3-2-4-8-14)11-23(21,22)19-15-9-5-6-13(17)10-15/h2-10,12,19H,11H2,1H3,(H,18,20). The fourth-order valence-electron chi connectivity index (χ4n) is 1.96. The minimum atomic E-state index is -3.77. The maximum Gasteiger partial charge on any atom is 0.233 e. The van der Waals surface area contributed by atoms with Gasteiger partial charge in [-0.25, -0.2) is 12.8 Å². The molecule has 1 atom stereocenters. The highest BCUT2D eigenvalue weighted by Crippen LogP contribution is 2.14. The van der Waals surface area contributed by atoms with Crippen molar-refractivity contribution in [1.82, 2.24) is 0 Å². The topological polar surface area (TPSA) is 75.3 Å². The molecule has 23 heavy (non-hydrogen) atoms. The van der Waals surface area contributed by atoms with Crippen LogP contribution < -0.4 is 10.0 Å². The number of nitrogens with one attached hydrogen (secondary N) is 2. The first-order valence-electron chi connectivity index (χ1n) is 6.98. The Labute approximate surface area is 134 Å². The van der Waals surface area contributed by atoms with E-state index in [0.717, 1.165) is 6.07 Å². The predicted molar refractivity (Wildman–Crippen MR) is 88.0 cm³/mol. The van der Waals surface area contributed by atoms with E-state index in [1.54, 1.807) is 24.3 Å². The summed E-state index contributed by atoms with van der Waals surface area (Å²) in [5, 5.41) is 2.65. The average molecular weight is 336 g/mol. The summed E-state index contributed by atoms with van der Waals surface area (Å²) in [6.45, 7) is 1.52. The van der Waals surface area contributed by atoms with Gasteiger partial charge in [-0.3, -0.25) is 9.52 Å². The molecule has 0 aromatic heterocycles. The molecule has 0 aliphatic heterocycles. The number of carbonyl (C=O) groups is 1. The summed E-state index contributed by atoms with van der Waals surface area (Å²) in [5.41, 5.74) is 0.723. The van der Waals surface area contributed by atoms with Gasteiger partial charge in [-0.2, -0.15) is 0 Å². The van der Waals surface area contributed by atoms with E-state index in [1.165, 1.54) is 25.1 Å². The van der Waals surface area contributed by atoms with Gasteiger partial charge in [0, 0.05) is 5.69 Å². The number of halogens is 1. The largest absolute Gasteiger partial charge is 0.326 e. The first-order valence-corrected chi connectivity index (χ1v) is 8.63. The molecule has 0 fully saturated rings. The van der Waals surface area contributed by atoms with Crippen molar-refractivity contribution in [2.45, 2.75) is 6.92 Å². The fraction of sp³-hybridized carbons (Fsp3) is 0.188. The van der Waals surface area contributed by atoms with Crippen molar-refractivity contribution in [3.63, 3.8) is 0 Å². The Balaban J connectivity index is 1.97. The quantitative estimate of drug-likeness (QED) is 0.852. The van der Waals surface area contributed by atoms with Crippen LogP contribution >= 0.6 is 0 Å². The van der Waals surface area contributed by atoms with Crippen LogP contribution in [0.1, 0.15) is 6.92 Å². The van der Waals surface area contributed by atoms with Gasteiger partial charge in [-0.05, 0) is 30.3 Å². The number of hydrogen-bond acceptors (Lipinski definition) is 3. The van der Waals surface area contributed by atoms with Gasteiger partial charge < -0.3 is 5.32 Å². The van der Waals surface area contributed by atoms with E-state index < -0.39 is 33.4 Å². The second-order valence-electron chi connectivity index (χ2n) is 5.15. The summed E-state index contributed by atoms with van der Waals surface area (Å²) < 4.78 is 39.5. The van der Waals surface area contributed by atoms with Crippen LogP contribution in [0, 0.1) is 11.7 Å². The van der Waals surface area contributed by atoms with Gasteiger partial charge in [0.15, 0.2) is 0 Å². The Morgan fingerprint density at radius 1 is 1.09 bits per heavy atom. The summed E-state index contributed by atoms with van der Waals surface area (Å²) in [6.07, 6.45) is 0. The lowest BCUT2D eigenvalue weighted by molar-refractivity contribution is -0.118. The molecule has 1 unspecified atom stereocenters. The van der Waals surface area contributed by atoms with Crippen LogP contribution in [0.5, 0.6) is 0 Å². The van der Waals surface area contributed by atoms with Gasteiger partial charge in [-0.15, -0.1) is 0 Å². The van der Waals surface area contributed by atoms with E-state index >= 15 is 0 Å². The number of carbonyl (C=O) groups excluding carboxylic acids is 1. The van der Waals surface area contributed by atoms with Crippen LogP contribution in [0.3, 0.4) is 0 Å². The first kappa shape index (κ1) is 17.0. The molecular weight excluding hydrogens is 319 g/mol. The highest BCUT2D eigenvalue weighted by molar-refractivity contribution is 7.92. The lowest BCUT2D eigenvalue weighted by Crippen LogP contribution is -2.29. The summed E-state index contributed by atoms with van der Waals surface area (Å²) >= 11 is 0. The van der Waals surface area contributed by atoms with Crippen molar-refractivity contribution >= 4 is 27.3 Å². The summed E-state index contributed by atoms with van der Waals surface area (Å²) in [4.78, 5) is 12.0. The van der Waals surface area contributed by atoms with E-state index in [9.17, 15) is 17.6 Å². The lowest BCUT2D eigenvalue weighted by Gasteiger charge is -2.14. The molecule has 5 nitrogen and oxygen atoms in total. The zero-order valence-electron chi connectivity index (χ0n) is 12.5. The minimum absolute atomic E-state index is 0.126. The molecule has 0 aliphatic carbocycles. The van der Waals surface area contributed by atoms with Crippen molar-refractivity contribution in [3.05, 3.63) is 60.4 Å². The molecule has 0 aliphatic rings. The van der Waals surface area contributed by atoms with Gasteiger partial charge in [-0.1, -0.05) is 31.2 Å². The van der Waals surface area contributed by atoms with Crippen LogP contribution in [0.4, 0.5) is 15.8 Å². The number of benzene rings is 2. The Morgan fingerprint density at radius 2 is 1.74 bits per heavy atom. The lowest BCUT2D eigenvalue weighted by atomic mass is 10.2. The Hall–Kier alpha value is -2.41. The molecule has 0 bridgehead atoms. The number of amides is 1. The summed E-state index contributed by atoms with van der Waals surface area (Å²) in [5.74, 6) is -2.11. The van der Waals surface area contributed by atoms with E-state index in [0.29, 0.717) is 5.69 Å². The van der Waals surface area contributed by atoms with E-state index in [4.69, 9.17) is 0 Å². The molecule has 0 saturated heterocycles. The predicted octanol–water partition coefficient (Wildman–Crippen LogP) is 2.84. The SMILES string of the molecule is CC(CS(=O)(=O)Nc1cccc(F)c1)C(=O)Nc1ccccc1. The van der Waals surface area contributed by atoms with E-state index in [2.05, 4.69) is 10.0 Å². The number of hydrogen-bond donors (Lipinski definition) is 2. The molecule has 2 aromatic carbocycles. The van der Waals surface area contributed by atoms with Crippen molar-refractivity contribution in [1.29, 1.82) is 0 Å². The Morgan fingerprint density at radius 3 is 2.39 bits per heavy atom. The normalized spacial score (nSPS) is 12.4. The molecule has 0 saturated carbocycles. The zero-order chi connectivity index (χ0) is 16.9. The van der Waals surface area contributed by atoms with E-state index in [-0.39, 0.29) is 5.69 Å². The third-order valence-corrected chi connectivity index (χ3v) is 4.54. The van der Waals surface area contributed by atoms with Crippen molar-refractivity contribution < 1.29 is 17.6 Å². The second kappa shape index (κ2) is 7.23. The molecule has 122 valence electrons. The minimum Gasteiger partial charge on any atom is -0.326 e.